The third-order valence-electron chi connectivity index (χ3n) is 1.64. The summed E-state index contributed by atoms with van der Waals surface area (Å²) < 4.78 is 37.2. The molecular formula is C9H5BrF3N. The first-order chi connectivity index (χ1) is 6.36. The van der Waals surface area contributed by atoms with Gasteiger partial charge in [0, 0.05) is 4.47 Å². The summed E-state index contributed by atoms with van der Waals surface area (Å²) in [5, 5.41) is 8.56. The second kappa shape index (κ2) is 3.62. The highest BCUT2D eigenvalue weighted by molar-refractivity contribution is 9.10. The summed E-state index contributed by atoms with van der Waals surface area (Å²) in [6.45, 7) is 1.63. The van der Waals surface area contributed by atoms with E-state index in [2.05, 4.69) is 15.9 Å². The van der Waals surface area contributed by atoms with Crippen LogP contribution in [0.1, 0.15) is 16.7 Å². The van der Waals surface area contributed by atoms with Crippen LogP contribution in [0.4, 0.5) is 13.2 Å². The minimum atomic E-state index is -4.50. The molecule has 1 rings (SSSR count). The highest BCUT2D eigenvalue weighted by atomic mass is 79.9. The van der Waals surface area contributed by atoms with Gasteiger partial charge in [0.25, 0.3) is 0 Å². The van der Waals surface area contributed by atoms with Crippen LogP contribution >= 0.6 is 15.9 Å². The molecule has 0 N–H and O–H groups in total. The maximum atomic E-state index is 12.4. The number of halogens is 4. The lowest BCUT2D eigenvalue weighted by Crippen LogP contribution is -2.09. The summed E-state index contributed by atoms with van der Waals surface area (Å²) >= 11 is 2.80. The number of rotatable bonds is 0. The van der Waals surface area contributed by atoms with E-state index in [9.17, 15) is 13.2 Å². The Morgan fingerprint density at radius 1 is 1.36 bits per heavy atom. The zero-order valence-corrected chi connectivity index (χ0v) is 8.70. The fraction of sp³-hybridized carbons (Fsp3) is 0.222. The third-order valence-corrected chi connectivity index (χ3v) is 2.26. The van der Waals surface area contributed by atoms with Crippen molar-refractivity contribution in [1.29, 1.82) is 5.26 Å². The van der Waals surface area contributed by atoms with Crippen molar-refractivity contribution in [1.82, 2.24) is 0 Å². The van der Waals surface area contributed by atoms with Crippen molar-refractivity contribution in [2.75, 3.05) is 0 Å². The molecule has 0 aliphatic carbocycles. The first-order valence-electron chi connectivity index (χ1n) is 3.63. The zero-order valence-electron chi connectivity index (χ0n) is 7.11. The van der Waals surface area contributed by atoms with Crippen molar-refractivity contribution in [2.24, 2.45) is 0 Å². The highest BCUT2D eigenvalue weighted by Crippen LogP contribution is 2.37. The van der Waals surface area contributed by atoms with E-state index in [1.807, 2.05) is 0 Å². The quantitative estimate of drug-likeness (QED) is 0.701. The van der Waals surface area contributed by atoms with Gasteiger partial charge in [-0.1, -0.05) is 15.9 Å². The molecule has 1 aromatic rings. The van der Waals surface area contributed by atoms with E-state index < -0.39 is 11.7 Å². The predicted octanol–water partition coefficient (Wildman–Crippen LogP) is 3.65. The minimum Gasteiger partial charge on any atom is -0.192 e. The SMILES string of the molecule is Cc1cc(Br)c(C(F)(F)F)c(C#N)c1. The first-order valence-corrected chi connectivity index (χ1v) is 4.43. The highest BCUT2D eigenvalue weighted by Gasteiger charge is 2.36. The zero-order chi connectivity index (χ0) is 10.9. The van der Waals surface area contributed by atoms with E-state index in [4.69, 9.17) is 5.26 Å². The van der Waals surface area contributed by atoms with Crippen LogP contribution in [0.25, 0.3) is 0 Å². The van der Waals surface area contributed by atoms with Crippen LogP contribution in [0, 0.1) is 18.3 Å². The van der Waals surface area contributed by atoms with Gasteiger partial charge < -0.3 is 0 Å². The summed E-state index contributed by atoms with van der Waals surface area (Å²) in [5.41, 5.74) is -0.656. The summed E-state index contributed by atoms with van der Waals surface area (Å²) in [6.07, 6.45) is -4.50. The Morgan fingerprint density at radius 2 is 1.93 bits per heavy atom. The molecule has 0 aliphatic rings. The average Bonchev–Trinajstić information content (AvgIpc) is 1.99. The van der Waals surface area contributed by atoms with E-state index in [1.54, 1.807) is 6.92 Å². The molecule has 0 radical (unpaired) electrons. The molecule has 0 aromatic heterocycles. The Bertz CT molecular complexity index is 404. The van der Waals surface area contributed by atoms with E-state index in [-0.39, 0.29) is 10.0 Å². The first kappa shape index (κ1) is 11.1. The third kappa shape index (κ3) is 2.07. The van der Waals surface area contributed by atoms with Crippen LogP contribution in [0.3, 0.4) is 0 Å². The molecule has 0 saturated heterocycles. The van der Waals surface area contributed by atoms with Crippen molar-refractivity contribution in [3.05, 3.63) is 33.3 Å². The average molecular weight is 264 g/mol. The molecule has 0 fully saturated rings. The fourth-order valence-corrected chi connectivity index (χ4v) is 1.92. The molecule has 0 heterocycles. The molecule has 5 heteroatoms. The van der Waals surface area contributed by atoms with Crippen molar-refractivity contribution >= 4 is 15.9 Å². The topological polar surface area (TPSA) is 23.8 Å². The number of hydrogen-bond donors (Lipinski definition) is 0. The van der Waals surface area contributed by atoms with Gasteiger partial charge in [-0.05, 0) is 24.6 Å². The molecule has 0 saturated carbocycles. The van der Waals surface area contributed by atoms with Crippen LogP contribution < -0.4 is 0 Å². The molecule has 0 amide bonds. The molecule has 1 nitrogen and oxygen atoms in total. The molecule has 0 bridgehead atoms. The lowest BCUT2D eigenvalue weighted by molar-refractivity contribution is -0.138. The standard InChI is InChI=1S/C9H5BrF3N/c1-5-2-6(4-14)8(7(10)3-5)9(11,12)13/h2-3H,1H3. The normalized spacial score (nSPS) is 11.1. The van der Waals surface area contributed by atoms with Crippen molar-refractivity contribution < 1.29 is 13.2 Å². The largest absolute Gasteiger partial charge is 0.418 e. The van der Waals surface area contributed by atoms with Gasteiger partial charge in [0.15, 0.2) is 0 Å². The Hall–Kier alpha value is -1.02. The summed E-state index contributed by atoms with van der Waals surface area (Å²) in [6, 6.07) is 4.09. The van der Waals surface area contributed by atoms with Gasteiger partial charge >= 0.3 is 6.18 Å². The molecule has 74 valence electrons. The molecule has 0 spiro atoms. The molecule has 14 heavy (non-hydrogen) atoms. The summed E-state index contributed by atoms with van der Waals surface area (Å²) in [7, 11) is 0. The molecule has 0 aliphatic heterocycles. The second-order valence-corrected chi connectivity index (χ2v) is 3.63. The van der Waals surface area contributed by atoms with E-state index in [0.717, 1.165) is 0 Å². The van der Waals surface area contributed by atoms with Crippen molar-refractivity contribution in [3.8, 4) is 6.07 Å². The number of alkyl halides is 3. The maximum Gasteiger partial charge on any atom is 0.418 e. The van der Waals surface area contributed by atoms with E-state index in [1.165, 1.54) is 18.2 Å². The lowest BCUT2D eigenvalue weighted by Gasteiger charge is -2.11. The smallest absolute Gasteiger partial charge is 0.192 e. The van der Waals surface area contributed by atoms with Gasteiger partial charge in [0.05, 0.1) is 17.2 Å². The maximum absolute atomic E-state index is 12.4. The molecule has 0 atom stereocenters. The monoisotopic (exact) mass is 263 g/mol. The summed E-state index contributed by atoms with van der Waals surface area (Å²) in [5.74, 6) is 0. The Kier molecular flexibility index (Phi) is 2.86. The Morgan fingerprint density at radius 3 is 2.36 bits per heavy atom. The van der Waals surface area contributed by atoms with Gasteiger partial charge in [0.1, 0.15) is 0 Å². The van der Waals surface area contributed by atoms with E-state index in [0.29, 0.717) is 5.56 Å². The van der Waals surface area contributed by atoms with Crippen LogP contribution in [-0.2, 0) is 6.18 Å². The summed E-state index contributed by atoms with van der Waals surface area (Å²) in [4.78, 5) is 0. The molecule has 1 aromatic carbocycles. The Labute approximate surface area is 87.3 Å². The minimum absolute atomic E-state index is 0.0958. The van der Waals surface area contributed by atoms with Crippen LogP contribution in [-0.4, -0.2) is 0 Å². The van der Waals surface area contributed by atoms with E-state index >= 15 is 0 Å². The molecular weight excluding hydrogens is 259 g/mol. The van der Waals surface area contributed by atoms with Crippen LogP contribution in [0.2, 0.25) is 0 Å². The van der Waals surface area contributed by atoms with Crippen LogP contribution in [0.5, 0.6) is 0 Å². The molecule has 0 unspecified atom stereocenters. The number of benzene rings is 1. The lowest BCUT2D eigenvalue weighted by atomic mass is 10.1. The van der Waals surface area contributed by atoms with Gasteiger partial charge in [-0.25, -0.2) is 0 Å². The van der Waals surface area contributed by atoms with Gasteiger partial charge in [-0.15, -0.1) is 0 Å². The predicted molar refractivity (Wildman–Crippen MR) is 48.6 cm³/mol. The number of aryl methyl sites for hydroxylation is 1. The Balaban J connectivity index is 3.51. The van der Waals surface area contributed by atoms with Crippen LogP contribution in [0.15, 0.2) is 16.6 Å². The van der Waals surface area contributed by atoms with Gasteiger partial charge in [0.2, 0.25) is 0 Å². The van der Waals surface area contributed by atoms with Gasteiger partial charge in [-0.2, -0.15) is 18.4 Å². The van der Waals surface area contributed by atoms with Gasteiger partial charge in [-0.3, -0.25) is 0 Å². The fourth-order valence-electron chi connectivity index (χ4n) is 1.12. The number of nitrogens with zero attached hydrogens (tertiary/aromatic N) is 1. The number of nitriles is 1. The number of hydrogen-bond acceptors (Lipinski definition) is 1. The van der Waals surface area contributed by atoms with Crippen molar-refractivity contribution in [3.63, 3.8) is 0 Å². The van der Waals surface area contributed by atoms with Crippen molar-refractivity contribution in [2.45, 2.75) is 13.1 Å². The second-order valence-electron chi connectivity index (χ2n) is 2.78.